The van der Waals surface area contributed by atoms with Crippen LogP contribution in [0.1, 0.15) is 55.7 Å². The number of hydrogen-bond donors (Lipinski definition) is 1. The van der Waals surface area contributed by atoms with E-state index in [0.29, 0.717) is 22.9 Å². The zero-order valence-corrected chi connectivity index (χ0v) is 19.5. The predicted octanol–water partition coefficient (Wildman–Crippen LogP) is 4.75. The van der Waals surface area contributed by atoms with Crippen molar-refractivity contribution in [2.75, 3.05) is 18.0 Å². The van der Waals surface area contributed by atoms with Crippen molar-refractivity contribution in [3.05, 3.63) is 65.9 Å². The summed E-state index contributed by atoms with van der Waals surface area (Å²) in [4.78, 5) is 25.1. The summed E-state index contributed by atoms with van der Waals surface area (Å²) in [5, 5.41) is 13.1. The number of fused-ring (bicyclic) bond motifs is 1. The Labute approximate surface area is 201 Å². The second-order valence-corrected chi connectivity index (χ2v) is 9.59. The second-order valence-electron chi connectivity index (χ2n) is 9.59. The first kappa shape index (κ1) is 22.3. The largest absolute Gasteiger partial charge is 0.355 e. The number of nitrogens with one attached hydrogen (secondary N) is 1. The van der Waals surface area contributed by atoms with Gasteiger partial charge in [-0.15, -0.1) is 0 Å². The van der Waals surface area contributed by atoms with Gasteiger partial charge in [0, 0.05) is 19.1 Å². The molecule has 1 unspecified atom stereocenters. The van der Waals surface area contributed by atoms with E-state index in [1.165, 1.54) is 5.56 Å². The molecule has 0 bridgehead atoms. The highest BCUT2D eigenvalue weighted by atomic mass is 16.2. The molecule has 2 aromatic carbocycles. The zero-order chi connectivity index (χ0) is 23.3. The van der Waals surface area contributed by atoms with Crippen LogP contribution < -0.4 is 10.2 Å². The van der Waals surface area contributed by atoms with Crippen molar-refractivity contribution in [3.8, 4) is 6.07 Å². The van der Waals surface area contributed by atoms with E-state index in [2.05, 4.69) is 46.6 Å². The second kappa shape index (κ2) is 10.2. The van der Waals surface area contributed by atoms with E-state index in [1.54, 1.807) is 0 Å². The maximum Gasteiger partial charge on any atom is 0.243 e. The first-order chi connectivity index (χ1) is 16.7. The molecule has 2 heterocycles. The van der Waals surface area contributed by atoms with Crippen molar-refractivity contribution in [1.29, 1.82) is 5.26 Å². The van der Waals surface area contributed by atoms with Crippen molar-refractivity contribution < 1.29 is 4.79 Å². The summed E-state index contributed by atoms with van der Waals surface area (Å²) in [5.74, 6) is 0.0897. The fourth-order valence-electron chi connectivity index (χ4n) is 5.33. The van der Waals surface area contributed by atoms with E-state index in [1.807, 2.05) is 24.3 Å². The predicted molar refractivity (Wildman–Crippen MR) is 133 cm³/mol. The minimum absolute atomic E-state index is 0.161. The molecule has 34 heavy (non-hydrogen) atoms. The Morgan fingerprint density at radius 1 is 0.971 bits per heavy atom. The minimum atomic E-state index is -0.963. The van der Waals surface area contributed by atoms with Gasteiger partial charge in [0.05, 0.1) is 17.1 Å². The molecule has 1 saturated heterocycles. The molecule has 1 aliphatic carbocycles. The number of anilines is 1. The highest BCUT2D eigenvalue weighted by Gasteiger charge is 2.32. The monoisotopic (exact) mass is 453 g/mol. The summed E-state index contributed by atoms with van der Waals surface area (Å²) in [6, 6.07) is 20.7. The summed E-state index contributed by atoms with van der Waals surface area (Å²) >= 11 is 0. The number of nitrogens with zero attached hydrogens (tertiary/aromatic N) is 4. The molecule has 6 nitrogen and oxygen atoms in total. The molecule has 1 saturated carbocycles. The summed E-state index contributed by atoms with van der Waals surface area (Å²) < 4.78 is 0. The third kappa shape index (κ3) is 4.89. The third-order valence-corrected chi connectivity index (χ3v) is 7.23. The molecule has 3 aromatic rings. The highest BCUT2D eigenvalue weighted by molar-refractivity contribution is 5.89. The molecule has 1 amide bonds. The van der Waals surface area contributed by atoms with E-state index in [4.69, 9.17) is 9.97 Å². The van der Waals surface area contributed by atoms with E-state index in [9.17, 15) is 10.1 Å². The maximum atomic E-state index is 13.1. The standard InChI is InChI=1S/C28H31N5O/c29-19-23(28(34)30-22-10-4-5-11-22)26-27(32-25-13-7-6-12-24(25)31-26)33-16-14-21(15-17-33)18-20-8-2-1-3-9-20/h1-3,6-9,12-13,21-23H,4-5,10-11,14-18H2,(H,30,34). The molecule has 1 atom stereocenters. The lowest BCUT2D eigenvalue weighted by molar-refractivity contribution is -0.122. The van der Waals surface area contributed by atoms with Gasteiger partial charge in [-0.2, -0.15) is 5.26 Å². The number of rotatable bonds is 6. The Morgan fingerprint density at radius 2 is 1.62 bits per heavy atom. The molecule has 1 aliphatic heterocycles. The molecule has 1 aromatic heterocycles. The number of amides is 1. The quantitative estimate of drug-likeness (QED) is 0.582. The van der Waals surface area contributed by atoms with Gasteiger partial charge in [-0.25, -0.2) is 9.97 Å². The van der Waals surface area contributed by atoms with Gasteiger partial charge < -0.3 is 10.2 Å². The van der Waals surface area contributed by atoms with Gasteiger partial charge in [-0.1, -0.05) is 55.3 Å². The molecule has 2 fully saturated rings. The zero-order valence-electron chi connectivity index (χ0n) is 19.5. The Hall–Kier alpha value is -3.46. The van der Waals surface area contributed by atoms with Crippen LogP contribution in [-0.2, 0) is 11.2 Å². The fourth-order valence-corrected chi connectivity index (χ4v) is 5.33. The van der Waals surface area contributed by atoms with E-state index in [-0.39, 0.29) is 11.9 Å². The molecule has 1 N–H and O–H groups in total. The molecule has 0 spiro atoms. The number of piperidine rings is 1. The van der Waals surface area contributed by atoms with Gasteiger partial charge in [0.2, 0.25) is 5.91 Å². The van der Waals surface area contributed by atoms with Gasteiger partial charge >= 0.3 is 0 Å². The van der Waals surface area contributed by atoms with Crippen LogP contribution in [0.2, 0.25) is 0 Å². The molecular formula is C28H31N5O. The molecule has 174 valence electrons. The van der Waals surface area contributed by atoms with Crippen LogP contribution in [0, 0.1) is 17.2 Å². The Bertz CT molecular complexity index is 1170. The lowest BCUT2D eigenvalue weighted by Crippen LogP contribution is -2.39. The van der Waals surface area contributed by atoms with Crippen LogP contribution in [0.5, 0.6) is 0 Å². The lowest BCUT2D eigenvalue weighted by atomic mass is 9.90. The number of nitriles is 1. The van der Waals surface area contributed by atoms with Crippen LogP contribution in [0.15, 0.2) is 54.6 Å². The van der Waals surface area contributed by atoms with Gasteiger partial charge in [-0.05, 0) is 55.7 Å². The van der Waals surface area contributed by atoms with Gasteiger partial charge in [0.25, 0.3) is 0 Å². The molecular weight excluding hydrogens is 422 g/mol. The van der Waals surface area contributed by atoms with E-state index < -0.39 is 5.92 Å². The fraction of sp³-hybridized carbons (Fsp3) is 0.429. The number of benzene rings is 2. The van der Waals surface area contributed by atoms with Crippen molar-refractivity contribution in [2.45, 2.75) is 56.9 Å². The third-order valence-electron chi connectivity index (χ3n) is 7.23. The average molecular weight is 454 g/mol. The number of carbonyl (C=O) groups excluding carboxylic acids is 1. The smallest absolute Gasteiger partial charge is 0.243 e. The van der Waals surface area contributed by atoms with Crippen LogP contribution in [0.25, 0.3) is 11.0 Å². The molecule has 0 radical (unpaired) electrons. The van der Waals surface area contributed by atoms with Gasteiger partial charge in [0.15, 0.2) is 11.7 Å². The van der Waals surface area contributed by atoms with Crippen molar-refractivity contribution in [2.24, 2.45) is 5.92 Å². The number of aromatic nitrogens is 2. The lowest BCUT2D eigenvalue weighted by Gasteiger charge is -2.34. The molecule has 5 rings (SSSR count). The first-order valence-corrected chi connectivity index (χ1v) is 12.5. The van der Waals surface area contributed by atoms with Crippen molar-refractivity contribution >= 4 is 22.8 Å². The van der Waals surface area contributed by atoms with Crippen molar-refractivity contribution in [3.63, 3.8) is 0 Å². The van der Waals surface area contributed by atoms with Crippen LogP contribution in [-0.4, -0.2) is 35.0 Å². The topological polar surface area (TPSA) is 81.9 Å². The summed E-state index contributed by atoms with van der Waals surface area (Å²) in [6.45, 7) is 1.69. The Balaban J connectivity index is 1.39. The number of para-hydroxylation sites is 2. The average Bonchev–Trinajstić information content (AvgIpc) is 3.38. The van der Waals surface area contributed by atoms with Gasteiger partial charge in [-0.3, -0.25) is 4.79 Å². The highest BCUT2D eigenvalue weighted by Crippen LogP contribution is 2.31. The Morgan fingerprint density at radius 3 is 2.29 bits per heavy atom. The molecule has 2 aliphatic rings. The van der Waals surface area contributed by atoms with Crippen LogP contribution in [0.4, 0.5) is 5.82 Å². The Kier molecular flexibility index (Phi) is 6.71. The van der Waals surface area contributed by atoms with Crippen molar-refractivity contribution in [1.82, 2.24) is 15.3 Å². The summed E-state index contributed by atoms with van der Waals surface area (Å²) in [7, 11) is 0. The summed E-state index contributed by atoms with van der Waals surface area (Å²) in [5.41, 5.74) is 3.37. The first-order valence-electron chi connectivity index (χ1n) is 12.5. The van der Waals surface area contributed by atoms with E-state index >= 15 is 0 Å². The van der Waals surface area contributed by atoms with Crippen LogP contribution in [0.3, 0.4) is 0 Å². The number of hydrogen-bond acceptors (Lipinski definition) is 5. The minimum Gasteiger partial charge on any atom is -0.355 e. The van der Waals surface area contributed by atoms with E-state index in [0.717, 1.165) is 63.6 Å². The molecule has 6 heteroatoms. The summed E-state index contributed by atoms with van der Waals surface area (Å²) in [6.07, 6.45) is 7.39. The number of carbonyl (C=O) groups is 1. The SMILES string of the molecule is N#CC(C(=O)NC1CCCC1)c1nc2ccccc2nc1N1CCC(Cc2ccccc2)CC1. The maximum absolute atomic E-state index is 13.1. The van der Waals surface area contributed by atoms with Crippen LogP contribution >= 0.6 is 0 Å². The normalized spacial score (nSPS) is 18.0. The van der Waals surface area contributed by atoms with Gasteiger partial charge in [0.1, 0.15) is 5.69 Å².